The molecule has 0 fully saturated rings. The first kappa shape index (κ1) is 13.1. The third kappa shape index (κ3) is 3.91. The number of hydrogen-bond donors (Lipinski definition) is 2. The van der Waals surface area contributed by atoms with Crippen LogP contribution in [0.15, 0.2) is 18.2 Å². The molecule has 0 aliphatic heterocycles. The molecule has 0 bridgehead atoms. The summed E-state index contributed by atoms with van der Waals surface area (Å²) in [6.07, 6.45) is 2.26. The van der Waals surface area contributed by atoms with E-state index in [1.54, 1.807) is 0 Å². The Hall–Kier alpha value is -0.930. The van der Waals surface area contributed by atoms with Crippen LogP contribution in [0.4, 0.5) is 4.39 Å². The van der Waals surface area contributed by atoms with Gasteiger partial charge in [-0.15, -0.1) is 0 Å². The smallest absolute Gasteiger partial charge is 0.128 e. The van der Waals surface area contributed by atoms with E-state index in [-0.39, 0.29) is 5.82 Å². The largest absolute Gasteiger partial charge is 0.326 e. The number of hydrogen-bond acceptors (Lipinski definition) is 2. The summed E-state index contributed by atoms with van der Waals surface area (Å²) in [5, 5.41) is 3.31. The summed E-state index contributed by atoms with van der Waals surface area (Å²) in [5.41, 5.74) is 6.99. The van der Waals surface area contributed by atoms with Gasteiger partial charge >= 0.3 is 0 Å². The van der Waals surface area contributed by atoms with E-state index >= 15 is 0 Å². The van der Waals surface area contributed by atoms with Gasteiger partial charge in [0.15, 0.2) is 0 Å². The van der Waals surface area contributed by atoms with Crippen molar-refractivity contribution in [2.24, 2.45) is 5.73 Å². The van der Waals surface area contributed by atoms with Crippen molar-refractivity contribution in [3.05, 3.63) is 35.1 Å². The van der Waals surface area contributed by atoms with Gasteiger partial charge < -0.3 is 11.1 Å². The summed E-state index contributed by atoms with van der Waals surface area (Å²) in [7, 11) is 0. The molecule has 1 aromatic rings. The molecule has 1 aromatic carbocycles. The molecule has 1 unspecified atom stereocenters. The lowest BCUT2D eigenvalue weighted by Crippen LogP contribution is -2.25. The highest BCUT2D eigenvalue weighted by molar-refractivity contribution is 5.24. The molecular formula is C13H21FN2. The normalized spacial score (nSPS) is 12.8. The van der Waals surface area contributed by atoms with Gasteiger partial charge in [0.05, 0.1) is 0 Å². The van der Waals surface area contributed by atoms with Crippen molar-refractivity contribution in [3.8, 4) is 0 Å². The van der Waals surface area contributed by atoms with Gasteiger partial charge in [-0.2, -0.15) is 0 Å². The van der Waals surface area contributed by atoms with E-state index in [2.05, 4.69) is 19.2 Å². The Morgan fingerprint density at radius 2 is 2.19 bits per heavy atom. The zero-order chi connectivity index (χ0) is 12.0. The molecule has 0 saturated heterocycles. The van der Waals surface area contributed by atoms with Crippen molar-refractivity contribution < 1.29 is 4.39 Å². The number of nitrogens with one attached hydrogen (secondary N) is 1. The Labute approximate surface area is 97.0 Å². The van der Waals surface area contributed by atoms with E-state index in [4.69, 9.17) is 5.73 Å². The number of nitrogens with two attached hydrogens (primary N) is 1. The lowest BCUT2D eigenvalue weighted by molar-refractivity contribution is 0.496. The SMILES string of the molecule is CCCC(C)NCc1ccc(CN)cc1F. The molecule has 1 atom stereocenters. The Morgan fingerprint density at radius 1 is 1.44 bits per heavy atom. The second kappa shape index (κ2) is 6.61. The molecule has 1 rings (SSSR count). The van der Waals surface area contributed by atoms with Crippen LogP contribution in [0.5, 0.6) is 0 Å². The zero-order valence-electron chi connectivity index (χ0n) is 10.1. The van der Waals surface area contributed by atoms with Crippen molar-refractivity contribution in [1.82, 2.24) is 5.32 Å². The van der Waals surface area contributed by atoms with Gasteiger partial charge in [0.2, 0.25) is 0 Å². The minimum absolute atomic E-state index is 0.167. The first-order valence-electron chi connectivity index (χ1n) is 5.88. The molecule has 0 amide bonds. The molecule has 0 saturated carbocycles. The van der Waals surface area contributed by atoms with E-state index in [1.807, 2.05) is 12.1 Å². The fourth-order valence-electron chi connectivity index (χ4n) is 1.68. The van der Waals surface area contributed by atoms with Crippen LogP contribution >= 0.6 is 0 Å². The quantitative estimate of drug-likeness (QED) is 0.779. The Morgan fingerprint density at radius 3 is 2.75 bits per heavy atom. The summed E-state index contributed by atoms with van der Waals surface area (Å²) in [6.45, 7) is 5.24. The Balaban J connectivity index is 2.54. The number of benzene rings is 1. The molecule has 0 aliphatic carbocycles. The van der Waals surface area contributed by atoms with E-state index in [1.165, 1.54) is 6.07 Å². The number of halogens is 1. The average Bonchev–Trinajstić information content (AvgIpc) is 2.27. The van der Waals surface area contributed by atoms with E-state index in [9.17, 15) is 4.39 Å². The topological polar surface area (TPSA) is 38.0 Å². The van der Waals surface area contributed by atoms with Crippen LogP contribution in [-0.4, -0.2) is 6.04 Å². The molecule has 3 N–H and O–H groups in total. The van der Waals surface area contributed by atoms with Crippen molar-refractivity contribution in [2.75, 3.05) is 0 Å². The van der Waals surface area contributed by atoms with Crippen molar-refractivity contribution in [3.63, 3.8) is 0 Å². The first-order valence-corrected chi connectivity index (χ1v) is 5.88. The van der Waals surface area contributed by atoms with Crippen molar-refractivity contribution >= 4 is 0 Å². The molecule has 2 nitrogen and oxygen atoms in total. The second-order valence-corrected chi connectivity index (χ2v) is 4.20. The molecule has 0 spiro atoms. The minimum Gasteiger partial charge on any atom is -0.326 e. The van der Waals surface area contributed by atoms with Crippen LogP contribution in [0.1, 0.15) is 37.8 Å². The van der Waals surface area contributed by atoms with Crippen LogP contribution in [-0.2, 0) is 13.1 Å². The molecule has 0 radical (unpaired) electrons. The van der Waals surface area contributed by atoms with E-state index in [0.29, 0.717) is 24.7 Å². The van der Waals surface area contributed by atoms with Crippen LogP contribution < -0.4 is 11.1 Å². The maximum absolute atomic E-state index is 13.6. The van der Waals surface area contributed by atoms with Gasteiger partial charge in [0.25, 0.3) is 0 Å². The van der Waals surface area contributed by atoms with Gasteiger partial charge in [-0.05, 0) is 25.0 Å². The molecule has 3 heteroatoms. The average molecular weight is 224 g/mol. The minimum atomic E-state index is -0.167. The maximum atomic E-state index is 13.6. The second-order valence-electron chi connectivity index (χ2n) is 4.20. The Bertz CT molecular complexity index is 326. The fraction of sp³-hybridized carbons (Fsp3) is 0.538. The van der Waals surface area contributed by atoms with E-state index in [0.717, 1.165) is 18.4 Å². The predicted molar refractivity (Wildman–Crippen MR) is 65.5 cm³/mol. The lowest BCUT2D eigenvalue weighted by Gasteiger charge is -2.13. The highest BCUT2D eigenvalue weighted by Crippen LogP contribution is 2.10. The monoisotopic (exact) mass is 224 g/mol. The lowest BCUT2D eigenvalue weighted by atomic mass is 10.1. The van der Waals surface area contributed by atoms with Gasteiger partial charge in [-0.3, -0.25) is 0 Å². The summed E-state index contributed by atoms with van der Waals surface area (Å²) >= 11 is 0. The summed E-state index contributed by atoms with van der Waals surface area (Å²) in [4.78, 5) is 0. The molecule has 90 valence electrons. The van der Waals surface area contributed by atoms with Gasteiger partial charge in [0.1, 0.15) is 5.82 Å². The Kier molecular flexibility index (Phi) is 5.43. The zero-order valence-corrected chi connectivity index (χ0v) is 10.1. The van der Waals surface area contributed by atoms with Gasteiger partial charge in [-0.1, -0.05) is 25.5 Å². The third-order valence-corrected chi connectivity index (χ3v) is 2.72. The number of rotatable bonds is 6. The van der Waals surface area contributed by atoms with E-state index < -0.39 is 0 Å². The van der Waals surface area contributed by atoms with Gasteiger partial charge in [0, 0.05) is 24.7 Å². The summed E-state index contributed by atoms with van der Waals surface area (Å²) in [5.74, 6) is -0.167. The summed E-state index contributed by atoms with van der Waals surface area (Å²) in [6, 6.07) is 5.63. The van der Waals surface area contributed by atoms with Gasteiger partial charge in [-0.25, -0.2) is 4.39 Å². The van der Waals surface area contributed by atoms with Crippen LogP contribution in [0.25, 0.3) is 0 Å². The predicted octanol–water partition coefficient (Wildman–Crippen LogP) is 2.56. The molecule has 0 aromatic heterocycles. The van der Waals surface area contributed by atoms with Crippen molar-refractivity contribution in [2.45, 2.75) is 45.8 Å². The standard InChI is InChI=1S/C13H21FN2/c1-3-4-10(2)16-9-12-6-5-11(8-15)7-13(12)14/h5-7,10,16H,3-4,8-9,15H2,1-2H3. The van der Waals surface area contributed by atoms with Crippen LogP contribution in [0.3, 0.4) is 0 Å². The molecule has 0 aliphatic rings. The summed E-state index contributed by atoms with van der Waals surface area (Å²) < 4.78 is 13.6. The molecular weight excluding hydrogens is 203 g/mol. The highest BCUT2D eigenvalue weighted by atomic mass is 19.1. The third-order valence-electron chi connectivity index (χ3n) is 2.72. The maximum Gasteiger partial charge on any atom is 0.128 e. The van der Waals surface area contributed by atoms with Crippen LogP contribution in [0.2, 0.25) is 0 Å². The van der Waals surface area contributed by atoms with Crippen LogP contribution in [0, 0.1) is 5.82 Å². The molecule has 0 heterocycles. The molecule has 16 heavy (non-hydrogen) atoms. The highest BCUT2D eigenvalue weighted by Gasteiger charge is 2.05. The first-order chi connectivity index (χ1) is 7.67. The fourth-order valence-corrected chi connectivity index (χ4v) is 1.68. The van der Waals surface area contributed by atoms with Crippen molar-refractivity contribution in [1.29, 1.82) is 0 Å².